The maximum Gasteiger partial charge on any atom is 1.00 e. The van der Waals surface area contributed by atoms with Gasteiger partial charge < -0.3 is 16.4 Å². The number of para-hydroxylation sites is 1. The van der Waals surface area contributed by atoms with Gasteiger partial charge in [0.25, 0.3) is 0 Å². The number of fused-ring (bicyclic) bond motifs is 1. The Morgan fingerprint density at radius 2 is 1.86 bits per heavy atom. The minimum atomic E-state index is 0. The molecule has 2 nitrogen and oxygen atoms in total. The van der Waals surface area contributed by atoms with E-state index < -0.39 is 0 Å². The Bertz CT molecular complexity index is 395. The third-order valence-electron chi connectivity index (χ3n) is 1.71. The Morgan fingerprint density at radius 1 is 1.29 bits per heavy atom. The van der Waals surface area contributed by atoms with Crippen molar-refractivity contribution in [1.82, 2.24) is 4.57 Å². The Balaban J connectivity index is 0. The minimum Gasteiger partial charge on any atom is -0.512 e. The topological polar surface area (TPSA) is 28.7 Å². The summed E-state index contributed by atoms with van der Waals surface area (Å²) in [6, 6.07) is 10.2. The summed E-state index contributed by atoms with van der Waals surface area (Å²) < 4.78 is 2.00. The number of benzene rings is 1. The van der Waals surface area contributed by atoms with Gasteiger partial charge in [-0.2, -0.15) is 11.5 Å². The summed E-state index contributed by atoms with van der Waals surface area (Å²) in [5.74, 6) is 0. The van der Waals surface area contributed by atoms with Crippen molar-refractivity contribution in [3.63, 3.8) is 0 Å². The first-order valence-corrected chi connectivity index (χ1v) is 3.52. The molecule has 0 N–H and O–H groups in total. The van der Waals surface area contributed by atoms with E-state index in [-0.39, 0.29) is 35.9 Å². The van der Waals surface area contributed by atoms with E-state index in [1.807, 2.05) is 29.8 Å². The first kappa shape index (κ1) is 15.8. The molecule has 0 saturated heterocycles. The normalized spacial score (nSPS) is 7.64. The third kappa shape index (κ3) is 3.26. The number of hydrogen-bond donors (Lipinski definition) is 0. The van der Waals surface area contributed by atoms with Gasteiger partial charge in [-0.1, -0.05) is 12.1 Å². The van der Waals surface area contributed by atoms with E-state index >= 15 is 0 Å². The summed E-state index contributed by atoms with van der Waals surface area (Å²) >= 11 is 0. The number of nitrogens with zero attached hydrogens (tertiary/aromatic N) is 2. The molecular weight excluding hydrogens is 219 g/mol. The Morgan fingerprint density at radius 3 is 2.43 bits per heavy atom. The number of aryl methyl sites for hydroxylation is 1. The van der Waals surface area contributed by atoms with Crippen molar-refractivity contribution in [3.8, 4) is 0 Å². The van der Waals surface area contributed by atoms with Crippen molar-refractivity contribution >= 4 is 10.9 Å². The fourth-order valence-corrected chi connectivity index (χ4v) is 1.15. The van der Waals surface area contributed by atoms with Crippen LogP contribution in [0.2, 0.25) is 0 Å². The Kier molecular flexibility index (Phi) is 8.75. The van der Waals surface area contributed by atoms with Crippen molar-refractivity contribution in [3.05, 3.63) is 43.1 Å². The molecule has 1 heterocycles. The zero-order chi connectivity index (χ0) is 8.97. The molecular formula is C10H8CuLiN2. The maximum absolute atomic E-state index is 6.25. The van der Waals surface area contributed by atoms with Crippen LogP contribution in [0.5, 0.6) is 0 Å². The molecule has 0 spiro atoms. The van der Waals surface area contributed by atoms with E-state index in [2.05, 4.69) is 18.3 Å². The van der Waals surface area contributed by atoms with Gasteiger partial charge in [0, 0.05) is 0 Å². The first-order valence-electron chi connectivity index (χ1n) is 3.52. The van der Waals surface area contributed by atoms with Crippen LogP contribution >= 0.6 is 0 Å². The van der Waals surface area contributed by atoms with Crippen LogP contribution in [0.25, 0.3) is 10.9 Å². The van der Waals surface area contributed by atoms with Crippen LogP contribution < -0.4 is 18.9 Å². The Labute approximate surface area is 107 Å². The van der Waals surface area contributed by atoms with E-state index in [9.17, 15) is 0 Å². The second kappa shape index (κ2) is 7.74. The van der Waals surface area contributed by atoms with E-state index in [0.29, 0.717) is 0 Å². The van der Waals surface area contributed by atoms with E-state index in [4.69, 9.17) is 11.8 Å². The van der Waals surface area contributed by atoms with Crippen LogP contribution in [0.4, 0.5) is 0 Å². The molecule has 0 saturated carbocycles. The van der Waals surface area contributed by atoms with Gasteiger partial charge >= 0.3 is 35.9 Å². The molecule has 2 rings (SSSR count). The number of rotatable bonds is 0. The van der Waals surface area contributed by atoms with Crippen LogP contribution in [0, 0.1) is 18.0 Å². The van der Waals surface area contributed by atoms with Gasteiger partial charge in [-0.25, -0.2) is 0 Å². The third-order valence-corrected chi connectivity index (χ3v) is 1.71. The summed E-state index contributed by atoms with van der Waals surface area (Å²) in [5, 5.41) is 7.50. The molecule has 2 aromatic rings. The van der Waals surface area contributed by atoms with Gasteiger partial charge in [-0.15, -0.1) is 23.8 Å². The standard InChI is InChI=1S/C9H8N.CN.Cu.Li/c1-10-7-6-8-4-2-3-5-9(8)10;1-2;;/h2-6H,1H3;;;/q2*-1;2*+1. The van der Waals surface area contributed by atoms with Gasteiger partial charge in [0.2, 0.25) is 0 Å². The van der Waals surface area contributed by atoms with E-state index in [1.54, 1.807) is 0 Å². The Hall–Kier alpha value is -0.633. The molecule has 0 aliphatic carbocycles. The van der Waals surface area contributed by atoms with Gasteiger partial charge in [-0.3, -0.25) is 0 Å². The fraction of sp³-hybridized carbons (Fsp3) is 0.100. The fourth-order valence-electron chi connectivity index (χ4n) is 1.15. The zero-order valence-corrected chi connectivity index (χ0v) is 9.02. The van der Waals surface area contributed by atoms with Crippen LogP contribution in [0.15, 0.2) is 30.3 Å². The molecule has 0 amide bonds. The van der Waals surface area contributed by atoms with Gasteiger partial charge in [0.1, 0.15) is 0 Å². The molecule has 4 heteroatoms. The molecule has 0 aliphatic heterocycles. The van der Waals surface area contributed by atoms with Crippen molar-refractivity contribution in [2.24, 2.45) is 7.05 Å². The second-order valence-electron chi connectivity index (χ2n) is 2.39. The molecule has 0 radical (unpaired) electrons. The molecule has 0 atom stereocenters. The quantitative estimate of drug-likeness (QED) is 0.422. The predicted octanol–water partition coefficient (Wildman–Crippen LogP) is -0.924. The van der Waals surface area contributed by atoms with Gasteiger partial charge in [0.05, 0.1) is 0 Å². The van der Waals surface area contributed by atoms with Crippen LogP contribution in [0.3, 0.4) is 0 Å². The molecule has 0 aliphatic rings. The molecule has 0 bridgehead atoms. The summed E-state index contributed by atoms with van der Waals surface area (Å²) in [5.41, 5.74) is 1.24. The van der Waals surface area contributed by atoms with Crippen molar-refractivity contribution in [1.29, 1.82) is 5.26 Å². The molecule has 14 heavy (non-hydrogen) atoms. The molecule has 1 aromatic heterocycles. The smallest absolute Gasteiger partial charge is 0.512 e. The molecule has 70 valence electrons. The average Bonchev–Trinajstić information content (AvgIpc) is 2.53. The predicted molar refractivity (Wildman–Crippen MR) is 46.7 cm³/mol. The summed E-state index contributed by atoms with van der Waals surface area (Å²) in [4.78, 5) is 0. The van der Waals surface area contributed by atoms with Crippen LogP contribution in [-0.4, -0.2) is 4.57 Å². The van der Waals surface area contributed by atoms with E-state index in [0.717, 1.165) is 0 Å². The first-order chi connectivity index (χ1) is 5.88. The number of hydrogen-bond acceptors (Lipinski definition) is 1. The SMILES string of the molecule is Cn1[c-]cc2ccccc21.[C-]#N.[Cu+].[Li+]. The summed E-state index contributed by atoms with van der Waals surface area (Å²) in [6.07, 6.45) is 3.09. The zero-order valence-electron chi connectivity index (χ0n) is 8.08. The van der Waals surface area contributed by atoms with E-state index in [1.165, 1.54) is 10.9 Å². The second-order valence-corrected chi connectivity index (χ2v) is 2.39. The van der Waals surface area contributed by atoms with Crippen LogP contribution in [0.1, 0.15) is 0 Å². The molecule has 0 fully saturated rings. The monoisotopic (exact) mass is 226 g/mol. The van der Waals surface area contributed by atoms with Crippen molar-refractivity contribution < 1.29 is 35.9 Å². The van der Waals surface area contributed by atoms with Gasteiger partial charge in [0.15, 0.2) is 0 Å². The van der Waals surface area contributed by atoms with Gasteiger partial charge in [-0.05, 0) is 7.05 Å². The summed E-state index contributed by atoms with van der Waals surface area (Å²) in [7, 11) is 2.00. The summed E-state index contributed by atoms with van der Waals surface area (Å²) in [6.45, 7) is 4.75. The average molecular weight is 227 g/mol. The van der Waals surface area contributed by atoms with Crippen molar-refractivity contribution in [2.75, 3.05) is 0 Å². The number of aromatic nitrogens is 1. The largest absolute Gasteiger partial charge is 1.00 e. The molecule has 1 aromatic carbocycles. The minimum absolute atomic E-state index is 0. The molecule has 0 unspecified atom stereocenters. The van der Waals surface area contributed by atoms with Crippen molar-refractivity contribution in [2.45, 2.75) is 0 Å². The van der Waals surface area contributed by atoms with Crippen LogP contribution in [-0.2, 0) is 24.1 Å². The maximum atomic E-state index is 6.25.